The van der Waals surface area contributed by atoms with Crippen LogP contribution in [0.4, 0.5) is 5.13 Å². The first-order valence-corrected chi connectivity index (χ1v) is 8.93. The number of hydrogen-bond donors (Lipinski definition) is 1. The van der Waals surface area contributed by atoms with E-state index in [9.17, 15) is 4.79 Å². The predicted molar refractivity (Wildman–Crippen MR) is 97.4 cm³/mol. The predicted octanol–water partition coefficient (Wildman–Crippen LogP) is 3.62. The third-order valence-electron chi connectivity index (χ3n) is 3.62. The van der Waals surface area contributed by atoms with Crippen molar-refractivity contribution in [2.45, 2.75) is 39.5 Å². The van der Waals surface area contributed by atoms with Crippen molar-refractivity contribution in [3.05, 3.63) is 46.9 Å². The van der Waals surface area contributed by atoms with Gasteiger partial charge in [0, 0.05) is 12.1 Å². The van der Waals surface area contributed by atoms with E-state index < -0.39 is 0 Å². The lowest BCUT2D eigenvalue weighted by Crippen LogP contribution is -2.15. The van der Waals surface area contributed by atoms with Gasteiger partial charge in [0.25, 0.3) is 5.91 Å². The van der Waals surface area contributed by atoms with Gasteiger partial charge in [-0.15, -0.1) is 10.2 Å². The average Bonchev–Trinajstić information content (AvgIpc) is 3.22. The summed E-state index contributed by atoms with van der Waals surface area (Å²) in [5.41, 5.74) is 1.33. The summed E-state index contributed by atoms with van der Waals surface area (Å²) in [6.07, 6.45) is 3.28. The smallest absolute Gasteiger partial charge is 0.260 e. The van der Waals surface area contributed by atoms with E-state index in [4.69, 9.17) is 0 Å². The molecule has 0 bridgehead atoms. The summed E-state index contributed by atoms with van der Waals surface area (Å²) in [5, 5.41) is 16.7. The maximum Gasteiger partial charge on any atom is 0.260 e. The van der Waals surface area contributed by atoms with Crippen LogP contribution in [0.1, 0.15) is 60.6 Å². The monoisotopic (exact) mass is 356 g/mol. The second-order valence-electron chi connectivity index (χ2n) is 6.25. The van der Waals surface area contributed by atoms with Crippen molar-refractivity contribution in [2.24, 2.45) is 0 Å². The number of nitrogens with zero attached hydrogens (tertiary/aromatic N) is 5. The molecule has 0 aliphatic rings. The van der Waals surface area contributed by atoms with Crippen molar-refractivity contribution < 1.29 is 4.79 Å². The highest BCUT2D eigenvalue weighted by atomic mass is 32.1. The molecule has 8 heteroatoms. The van der Waals surface area contributed by atoms with Gasteiger partial charge in [-0.1, -0.05) is 45.1 Å². The van der Waals surface area contributed by atoms with E-state index in [1.54, 1.807) is 17.1 Å². The minimum absolute atomic E-state index is 0.103. The molecule has 0 atom stereocenters. The van der Waals surface area contributed by atoms with E-state index >= 15 is 0 Å². The first kappa shape index (κ1) is 17.2. The van der Waals surface area contributed by atoms with Gasteiger partial charge in [0.1, 0.15) is 5.01 Å². The molecule has 0 aliphatic carbocycles. The van der Waals surface area contributed by atoms with Gasteiger partial charge >= 0.3 is 0 Å². The number of nitrogens with one attached hydrogen (secondary N) is 1. The van der Waals surface area contributed by atoms with Crippen LogP contribution in [-0.2, 0) is 0 Å². The zero-order chi connectivity index (χ0) is 18.0. The minimum atomic E-state index is -0.239. The Morgan fingerprint density at radius 2 is 1.96 bits per heavy atom. The van der Waals surface area contributed by atoms with Crippen LogP contribution in [0, 0.1) is 0 Å². The molecule has 0 fully saturated rings. The van der Waals surface area contributed by atoms with Crippen LogP contribution in [0.3, 0.4) is 0 Å². The van der Waals surface area contributed by atoms with E-state index in [0.717, 1.165) is 10.7 Å². The molecule has 0 spiro atoms. The van der Waals surface area contributed by atoms with Crippen molar-refractivity contribution >= 4 is 22.4 Å². The normalized spacial score (nSPS) is 11.3. The number of carbonyl (C=O) groups excluding carboxylic acids is 1. The molecule has 0 aliphatic heterocycles. The minimum Gasteiger partial charge on any atom is -0.296 e. The van der Waals surface area contributed by atoms with Crippen LogP contribution in [0.25, 0.3) is 5.82 Å². The van der Waals surface area contributed by atoms with E-state index in [1.807, 2.05) is 45.9 Å². The molecule has 3 aromatic heterocycles. The van der Waals surface area contributed by atoms with Gasteiger partial charge in [-0.25, -0.2) is 9.67 Å². The molecular weight excluding hydrogens is 336 g/mol. The number of rotatable bonds is 5. The van der Waals surface area contributed by atoms with Crippen LogP contribution < -0.4 is 5.32 Å². The lowest BCUT2D eigenvalue weighted by atomic mass is 10.1. The maximum atomic E-state index is 12.7. The quantitative estimate of drug-likeness (QED) is 0.754. The molecule has 7 nitrogen and oxygen atoms in total. The zero-order valence-electron chi connectivity index (χ0n) is 14.6. The molecule has 0 saturated carbocycles. The number of pyridine rings is 1. The molecule has 1 N–H and O–H groups in total. The molecule has 0 unspecified atom stereocenters. The number of hydrogen-bond acceptors (Lipinski definition) is 6. The Labute approximate surface area is 150 Å². The van der Waals surface area contributed by atoms with Gasteiger partial charge in [0.05, 0.1) is 17.5 Å². The van der Waals surface area contributed by atoms with Crippen molar-refractivity contribution in [2.75, 3.05) is 5.32 Å². The van der Waals surface area contributed by atoms with Gasteiger partial charge in [0.2, 0.25) is 5.13 Å². The number of aromatic nitrogens is 5. The van der Waals surface area contributed by atoms with Crippen LogP contribution in [0.15, 0.2) is 30.6 Å². The summed E-state index contributed by atoms with van der Waals surface area (Å²) in [5.74, 6) is 0.827. The lowest BCUT2D eigenvalue weighted by molar-refractivity contribution is 0.102. The molecule has 0 saturated heterocycles. The second-order valence-corrected chi connectivity index (χ2v) is 7.26. The summed E-state index contributed by atoms with van der Waals surface area (Å²) >= 11 is 1.39. The second kappa shape index (κ2) is 7.10. The standard InChI is InChI=1S/C17H20N6OS/c1-10(2)14-12(9-19-23(14)13-7-5-6-8-18-13)15(24)20-17-22-21-16(25-17)11(3)4/h5-11H,1-4H3,(H,20,22,24). The SMILES string of the molecule is CC(C)c1nnc(NC(=O)c2cnn(-c3ccccn3)c2C(C)C)s1. The van der Waals surface area contributed by atoms with Gasteiger partial charge in [0.15, 0.2) is 5.82 Å². The van der Waals surface area contributed by atoms with Gasteiger partial charge < -0.3 is 0 Å². The third kappa shape index (κ3) is 3.58. The van der Waals surface area contributed by atoms with E-state index in [2.05, 4.69) is 25.6 Å². The van der Waals surface area contributed by atoms with Crippen molar-refractivity contribution in [1.29, 1.82) is 0 Å². The summed E-state index contributed by atoms with van der Waals surface area (Å²) in [4.78, 5) is 17.0. The Morgan fingerprint density at radius 1 is 1.16 bits per heavy atom. The van der Waals surface area contributed by atoms with E-state index in [-0.39, 0.29) is 17.7 Å². The Bertz CT molecular complexity index is 868. The fraction of sp³-hybridized carbons (Fsp3) is 0.353. The lowest BCUT2D eigenvalue weighted by Gasteiger charge is -2.11. The number of amides is 1. The van der Waals surface area contributed by atoms with Crippen molar-refractivity contribution in [3.8, 4) is 5.82 Å². The number of anilines is 1. The summed E-state index contributed by atoms with van der Waals surface area (Å²) < 4.78 is 1.71. The topological polar surface area (TPSA) is 85.6 Å². The molecule has 0 aromatic carbocycles. The summed E-state index contributed by atoms with van der Waals surface area (Å²) in [7, 11) is 0. The average molecular weight is 356 g/mol. The van der Waals surface area contributed by atoms with Crippen LogP contribution in [0.2, 0.25) is 0 Å². The van der Waals surface area contributed by atoms with Gasteiger partial charge in [-0.2, -0.15) is 5.10 Å². The van der Waals surface area contributed by atoms with E-state index in [0.29, 0.717) is 16.5 Å². The van der Waals surface area contributed by atoms with Gasteiger partial charge in [-0.05, 0) is 18.1 Å². The van der Waals surface area contributed by atoms with Crippen LogP contribution in [-0.4, -0.2) is 30.9 Å². The highest BCUT2D eigenvalue weighted by Crippen LogP contribution is 2.25. The Morgan fingerprint density at radius 3 is 2.56 bits per heavy atom. The number of carbonyl (C=O) groups is 1. The highest BCUT2D eigenvalue weighted by molar-refractivity contribution is 7.15. The molecule has 3 aromatic rings. The highest BCUT2D eigenvalue weighted by Gasteiger charge is 2.22. The molecule has 0 radical (unpaired) electrons. The molecule has 130 valence electrons. The molecular formula is C17H20N6OS. The fourth-order valence-corrected chi connectivity index (χ4v) is 3.17. The first-order chi connectivity index (χ1) is 12.0. The van der Waals surface area contributed by atoms with Crippen LogP contribution in [0.5, 0.6) is 0 Å². The van der Waals surface area contributed by atoms with Crippen LogP contribution >= 0.6 is 11.3 Å². The van der Waals surface area contributed by atoms with Gasteiger partial charge in [-0.3, -0.25) is 10.1 Å². The first-order valence-electron chi connectivity index (χ1n) is 8.11. The molecule has 3 heterocycles. The van der Waals surface area contributed by atoms with Crippen molar-refractivity contribution in [3.63, 3.8) is 0 Å². The maximum absolute atomic E-state index is 12.7. The molecule has 3 rings (SSSR count). The summed E-state index contributed by atoms with van der Waals surface area (Å²) in [6.45, 7) is 8.13. The Balaban J connectivity index is 1.91. The Kier molecular flexibility index (Phi) is 4.89. The largest absolute Gasteiger partial charge is 0.296 e. The zero-order valence-corrected chi connectivity index (χ0v) is 15.4. The molecule has 1 amide bonds. The third-order valence-corrected chi connectivity index (χ3v) is 4.76. The molecule has 25 heavy (non-hydrogen) atoms. The fourth-order valence-electron chi connectivity index (χ4n) is 2.43. The van der Waals surface area contributed by atoms with E-state index in [1.165, 1.54) is 11.3 Å². The Hall–Kier alpha value is -2.61. The van der Waals surface area contributed by atoms with Crippen molar-refractivity contribution in [1.82, 2.24) is 25.0 Å². The summed E-state index contributed by atoms with van der Waals surface area (Å²) in [6, 6.07) is 5.60.